The highest BCUT2D eigenvalue weighted by molar-refractivity contribution is 14.1. The van der Waals surface area contributed by atoms with Gasteiger partial charge >= 0.3 is 7.82 Å². The van der Waals surface area contributed by atoms with E-state index >= 15 is 0 Å². The highest BCUT2D eigenvalue weighted by Gasteiger charge is 2.27. The van der Waals surface area contributed by atoms with E-state index in [1.165, 1.54) is 0 Å². The van der Waals surface area contributed by atoms with E-state index in [9.17, 15) is 4.57 Å². The Labute approximate surface area is 109 Å². The Bertz CT molecular complexity index is 373. The van der Waals surface area contributed by atoms with Crippen molar-refractivity contribution in [2.75, 3.05) is 13.2 Å². The number of halogens is 1. The van der Waals surface area contributed by atoms with Crippen LogP contribution in [0.25, 0.3) is 0 Å². The average molecular weight is 356 g/mol. The molecule has 1 aromatic rings. The predicted molar refractivity (Wildman–Crippen MR) is 70.6 cm³/mol. The lowest BCUT2D eigenvalue weighted by Crippen LogP contribution is -2.03. The quantitative estimate of drug-likeness (QED) is 0.574. The maximum Gasteiger partial charge on any atom is 0.530 e. The molecule has 0 aliphatic carbocycles. The zero-order valence-electron chi connectivity index (χ0n) is 9.18. The zero-order chi connectivity index (χ0) is 12.0. The minimum Gasteiger partial charge on any atom is -0.403 e. The first-order valence-electron chi connectivity index (χ1n) is 4.94. The van der Waals surface area contributed by atoms with E-state index < -0.39 is 7.82 Å². The summed E-state index contributed by atoms with van der Waals surface area (Å²) >= 11 is 2.10. The normalized spacial score (nSPS) is 11.4. The maximum absolute atomic E-state index is 12.1. The first-order chi connectivity index (χ1) is 7.61. The van der Waals surface area contributed by atoms with Crippen LogP contribution in [0.1, 0.15) is 13.8 Å². The minimum absolute atomic E-state index is 0.278. The molecule has 0 aromatic heterocycles. The van der Waals surface area contributed by atoms with E-state index in [0.717, 1.165) is 3.57 Å². The summed E-state index contributed by atoms with van der Waals surface area (Å²) in [6, 6.07) is 7.27. The van der Waals surface area contributed by atoms with Crippen molar-refractivity contribution in [3.05, 3.63) is 27.8 Å². The number of hydrogen-bond acceptors (Lipinski definition) is 4. The number of rotatable bonds is 6. The highest BCUT2D eigenvalue weighted by atomic mass is 127. The molecule has 0 amide bonds. The molecule has 0 unspecified atom stereocenters. The number of phosphoric acid groups is 1. The monoisotopic (exact) mass is 356 g/mol. The first-order valence-corrected chi connectivity index (χ1v) is 7.48. The molecule has 0 atom stereocenters. The Hall–Kier alpha value is -0.100. The lowest BCUT2D eigenvalue weighted by Gasteiger charge is -2.17. The SMILES string of the molecule is CCOP(=O)(OCC)Oc1ccccc1I. The summed E-state index contributed by atoms with van der Waals surface area (Å²) in [6.45, 7) is 4.04. The van der Waals surface area contributed by atoms with Crippen molar-refractivity contribution in [3.63, 3.8) is 0 Å². The fourth-order valence-corrected chi connectivity index (χ4v) is 2.93. The fourth-order valence-electron chi connectivity index (χ4n) is 1.05. The second kappa shape index (κ2) is 6.59. The molecule has 0 bridgehead atoms. The maximum atomic E-state index is 12.1. The molecule has 0 aliphatic heterocycles. The van der Waals surface area contributed by atoms with Gasteiger partial charge in [-0.3, -0.25) is 9.05 Å². The number of hydrogen-bond donors (Lipinski definition) is 0. The van der Waals surface area contributed by atoms with Crippen LogP contribution in [0.3, 0.4) is 0 Å². The Morgan fingerprint density at radius 1 is 1.19 bits per heavy atom. The standard InChI is InChI=1S/C10H14IO4P/c1-3-13-16(12,14-4-2)15-10-8-6-5-7-9(10)11/h5-8H,3-4H2,1-2H3. The molecule has 0 saturated heterocycles. The molecule has 90 valence electrons. The van der Waals surface area contributed by atoms with E-state index in [1.807, 2.05) is 12.1 Å². The van der Waals surface area contributed by atoms with Gasteiger partial charge in [0.05, 0.1) is 16.8 Å². The van der Waals surface area contributed by atoms with Crippen molar-refractivity contribution in [2.24, 2.45) is 0 Å². The third-order valence-electron chi connectivity index (χ3n) is 1.62. The third kappa shape index (κ3) is 4.05. The average Bonchev–Trinajstić information content (AvgIpc) is 2.22. The zero-order valence-corrected chi connectivity index (χ0v) is 12.2. The van der Waals surface area contributed by atoms with Gasteiger partial charge in [-0.05, 0) is 48.6 Å². The second-order valence-corrected chi connectivity index (χ2v) is 5.56. The molecule has 6 heteroatoms. The van der Waals surface area contributed by atoms with Gasteiger partial charge in [0, 0.05) is 0 Å². The van der Waals surface area contributed by atoms with Crippen LogP contribution in [0.2, 0.25) is 0 Å². The van der Waals surface area contributed by atoms with Crippen LogP contribution in [0, 0.1) is 3.57 Å². The Balaban J connectivity index is 2.83. The molecule has 0 fully saturated rings. The highest BCUT2D eigenvalue weighted by Crippen LogP contribution is 2.49. The summed E-state index contributed by atoms with van der Waals surface area (Å²) in [5.74, 6) is 0.508. The number of para-hydroxylation sites is 1. The summed E-state index contributed by atoms with van der Waals surface area (Å²) in [7, 11) is -3.47. The predicted octanol–water partition coefficient (Wildman–Crippen LogP) is 3.85. The van der Waals surface area contributed by atoms with Crippen molar-refractivity contribution in [3.8, 4) is 5.75 Å². The van der Waals surface area contributed by atoms with E-state index in [1.54, 1.807) is 26.0 Å². The second-order valence-electron chi connectivity index (χ2n) is 2.80. The van der Waals surface area contributed by atoms with Gasteiger partial charge in [0.2, 0.25) is 0 Å². The summed E-state index contributed by atoms with van der Waals surface area (Å²) < 4.78 is 28.3. The van der Waals surface area contributed by atoms with Crippen LogP contribution in [0.5, 0.6) is 5.75 Å². The van der Waals surface area contributed by atoms with Crippen molar-refractivity contribution in [1.29, 1.82) is 0 Å². The molecular formula is C10H14IO4P. The van der Waals surface area contributed by atoms with Gasteiger partial charge in [-0.25, -0.2) is 4.57 Å². The van der Waals surface area contributed by atoms with E-state index in [-0.39, 0.29) is 13.2 Å². The van der Waals surface area contributed by atoms with Crippen molar-refractivity contribution in [2.45, 2.75) is 13.8 Å². The lowest BCUT2D eigenvalue weighted by atomic mass is 10.3. The van der Waals surface area contributed by atoms with Gasteiger partial charge in [-0.1, -0.05) is 12.1 Å². The summed E-state index contributed by atoms with van der Waals surface area (Å²) in [6.07, 6.45) is 0. The molecule has 0 aliphatic rings. The van der Waals surface area contributed by atoms with Gasteiger partial charge in [-0.2, -0.15) is 0 Å². The minimum atomic E-state index is -3.47. The van der Waals surface area contributed by atoms with E-state index in [4.69, 9.17) is 13.6 Å². The van der Waals surface area contributed by atoms with Crippen LogP contribution < -0.4 is 4.52 Å². The van der Waals surface area contributed by atoms with Gasteiger partial charge in [0.25, 0.3) is 0 Å². The Morgan fingerprint density at radius 2 is 1.75 bits per heavy atom. The smallest absolute Gasteiger partial charge is 0.403 e. The largest absolute Gasteiger partial charge is 0.530 e. The van der Waals surface area contributed by atoms with Crippen LogP contribution in [0.4, 0.5) is 0 Å². The first kappa shape index (κ1) is 14.0. The van der Waals surface area contributed by atoms with Crippen LogP contribution in [-0.4, -0.2) is 13.2 Å². The summed E-state index contributed by atoms with van der Waals surface area (Å²) in [5, 5.41) is 0. The summed E-state index contributed by atoms with van der Waals surface area (Å²) in [4.78, 5) is 0. The molecule has 0 radical (unpaired) electrons. The van der Waals surface area contributed by atoms with Crippen molar-refractivity contribution in [1.82, 2.24) is 0 Å². The fraction of sp³-hybridized carbons (Fsp3) is 0.400. The van der Waals surface area contributed by atoms with Crippen LogP contribution in [-0.2, 0) is 13.6 Å². The molecule has 16 heavy (non-hydrogen) atoms. The molecule has 4 nitrogen and oxygen atoms in total. The Morgan fingerprint density at radius 3 is 2.25 bits per heavy atom. The number of benzene rings is 1. The topological polar surface area (TPSA) is 44.8 Å². The third-order valence-corrected chi connectivity index (χ3v) is 4.08. The molecule has 1 aromatic carbocycles. The lowest BCUT2D eigenvalue weighted by molar-refractivity contribution is 0.167. The van der Waals surface area contributed by atoms with Crippen molar-refractivity contribution >= 4 is 30.4 Å². The van der Waals surface area contributed by atoms with Gasteiger partial charge in [0.15, 0.2) is 0 Å². The Kier molecular flexibility index (Phi) is 5.75. The molecular weight excluding hydrogens is 342 g/mol. The van der Waals surface area contributed by atoms with Crippen LogP contribution >= 0.6 is 30.4 Å². The molecule has 0 spiro atoms. The molecule has 0 heterocycles. The molecule has 0 saturated carbocycles. The summed E-state index contributed by atoms with van der Waals surface area (Å²) in [5.41, 5.74) is 0. The van der Waals surface area contributed by atoms with Gasteiger partial charge in [0.1, 0.15) is 5.75 Å². The van der Waals surface area contributed by atoms with Crippen molar-refractivity contribution < 1.29 is 18.1 Å². The van der Waals surface area contributed by atoms with Gasteiger partial charge < -0.3 is 4.52 Å². The van der Waals surface area contributed by atoms with Gasteiger partial charge in [-0.15, -0.1) is 0 Å². The van der Waals surface area contributed by atoms with E-state index in [2.05, 4.69) is 22.6 Å². The number of phosphoric ester groups is 1. The van der Waals surface area contributed by atoms with E-state index in [0.29, 0.717) is 5.75 Å². The molecule has 0 N–H and O–H groups in total. The van der Waals surface area contributed by atoms with Crippen LogP contribution in [0.15, 0.2) is 24.3 Å². The molecule has 1 rings (SSSR count).